The van der Waals surface area contributed by atoms with Crippen molar-refractivity contribution in [1.82, 2.24) is 4.98 Å². The largest absolute Gasteiger partial charge is 0.281 e. The molecule has 74 valence electrons. The Balaban J connectivity index is 1.97. The first-order valence-electron chi connectivity index (χ1n) is 5.16. The Kier molecular flexibility index (Phi) is 1.66. The third kappa shape index (κ3) is 1.18. The van der Waals surface area contributed by atoms with Gasteiger partial charge in [-0.05, 0) is 30.2 Å². The summed E-state index contributed by atoms with van der Waals surface area (Å²) in [5.74, 6) is 0.582. The molecule has 1 aliphatic heterocycles. The van der Waals surface area contributed by atoms with Crippen LogP contribution in [0.1, 0.15) is 17.7 Å². The quantitative estimate of drug-likeness (QED) is 0.713. The number of hydrogen-bond donors (Lipinski definition) is 0. The number of allylic oxidation sites excluding steroid dienone is 1. The van der Waals surface area contributed by atoms with Gasteiger partial charge in [-0.15, -0.1) is 0 Å². The van der Waals surface area contributed by atoms with Crippen molar-refractivity contribution in [1.29, 1.82) is 0 Å². The van der Waals surface area contributed by atoms with Crippen LogP contribution in [0.3, 0.4) is 0 Å². The summed E-state index contributed by atoms with van der Waals surface area (Å²) in [7, 11) is 0. The molecule has 2 aliphatic rings. The third-order valence-corrected chi connectivity index (χ3v) is 3.21. The van der Waals surface area contributed by atoms with Crippen LogP contribution in [0.15, 0.2) is 42.1 Å². The summed E-state index contributed by atoms with van der Waals surface area (Å²) < 4.78 is 0. The lowest BCUT2D eigenvalue weighted by atomic mass is 10.0. The Labute approximate surface area is 89.1 Å². The summed E-state index contributed by atoms with van der Waals surface area (Å²) in [4.78, 5) is 8.91. The maximum absolute atomic E-state index is 4.58. The molecule has 15 heavy (non-hydrogen) atoms. The SMILES string of the molecule is C=Cc1ccc(C23CC2C=CC=N3)cn1. The van der Waals surface area contributed by atoms with Crippen LogP contribution in [0.2, 0.25) is 0 Å². The van der Waals surface area contributed by atoms with E-state index in [0.717, 1.165) is 12.1 Å². The van der Waals surface area contributed by atoms with Crippen LogP contribution in [0.5, 0.6) is 0 Å². The number of dihydropyridines is 1. The highest BCUT2D eigenvalue weighted by Gasteiger charge is 2.54. The molecule has 2 heterocycles. The van der Waals surface area contributed by atoms with Gasteiger partial charge in [0.25, 0.3) is 0 Å². The molecule has 2 atom stereocenters. The van der Waals surface area contributed by atoms with E-state index in [1.54, 1.807) is 6.08 Å². The van der Waals surface area contributed by atoms with Gasteiger partial charge < -0.3 is 0 Å². The van der Waals surface area contributed by atoms with Gasteiger partial charge in [0.1, 0.15) is 0 Å². The zero-order chi connectivity index (χ0) is 10.3. The van der Waals surface area contributed by atoms with Crippen LogP contribution < -0.4 is 0 Å². The van der Waals surface area contributed by atoms with E-state index in [9.17, 15) is 0 Å². The van der Waals surface area contributed by atoms with Crippen molar-refractivity contribution >= 4 is 12.3 Å². The van der Waals surface area contributed by atoms with Gasteiger partial charge >= 0.3 is 0 Å². The fourth-order valence-electron chi connectivity index (χ4n) is 2.20. The predicted molar refractivity (Wildman–Crippen MR) is 61.7 cm³/mol. The van der Waals surface area contributed by atoms with Crippen molar-refractivity contribution in [3.05, 3.63) is 48.3 Å². The Morgan fingerprint density at radius 2 is 2.40 bits per heavy atom. The maximum atomic E-state index is 4.58. The molecule has 0 bridgehead atoms. The average Bonchev–Trinajstić information content (AvgIpc) is 3.05. The van der Waals surface area contributed by atoms with Crippen molar-refractivity contribution in [3.63, 3.8) is 0 Å². The maximum Gasteiger partial charge on any atom is 0.0941 e. The van der Waals surface area contributed by atoms with Crippen LogP contribution in [0.25, 0.3) is 6.08 Å². The minimum absolute atomic E-state index is 0.0153. The number of aromatic nitrogens is 1. The molecular weight excluding hydrogens is 184 g/mol. The van der Waals surface area contributed by atoms with Crippen molar-refractivity contribution in [2.75, 3.05) is 0 Å². The van der Waals surface area contributed by atoms with Gasteiger partial charge in [-0.25, -0.2) is 0 Å². The first kappa shape index (κ1) is 8.60. The normalized spacial score (nSPS) is 31.1. The zero-order valence-electron chi connectivity index (χ0n) is 8.43. The Bertz CT molecular complexity index is 456. The monoisotopic (exact) mass is 196 g/mol. The summed E-state index contributed by atoms with van der Waals surface area (Å²) in [6.07, 6.45) is 11.0. The van der Waals surface area contributed by atoms with E-state index in [2.05, 4.69) is 28.7 Å². The highest BCUT2D eigenvalue weighted by atomic mass is 15.0. The molecule has 1 aromatic heterocycles. The Hall–Kier alpha value is -1.70. The second-order valence-corrected chi connectivity index (χ2v) is 4.07. The number of nitrogens with zero attached hydrogens (tertiary/aromatic N) is 2. The molecular formula is C13H12N2. The third-order valence-electron chi connectivity index (χ3n) is 3.21. The molecule has 1 fully saturated rings. The van der Waals surface area contributed by atoms with Crippen molar-refractivity contribution in [2.45, 2.75) is 12.0 Å². The Morgan fingerprint density at radius 3 is 3.07 bits per heavy atom. The van der Waals surface area contributed by atoms with E-state index in [1.807, 2.05) is 24.6 Å². The summed E-state index contributed by atoms with van der Waals surface area (Å²) in [5, 5.41) is 0. The van der Waals surface area contributed by atoms with E-state index in [1.165, 1.54) is 5.56 Å². The average molecular weight is 196 g/mol. The first-order valence-corrected chi connectivity index (χ1v) is 5.16. The van der Waals surface area contributed by atoms with Gasteiger partial charge in [0, 0.05) is 18.3 Å². The minimum atomic E-state index is 0.0153. The fourth-order valence-corrected chi connectivity index (χ4v) is 2.20. The van der Waals surface area contributed by atoms with Crippen molar-refractivity contribution < 1.29 is 0 Å². The van der Waals surface area contributed by atoms with Crippen LogP contribution in [0.4, 0.5) is 0 Å². The summed E-state index contributed by atoms with van der Waals surface area (Å²) in [6.45, 7) is 3.70. The lowest BCUT2D eigenvalue weighted by Gasteiger charge is -2.13. The van der Waals surface area contributed by atoms with Gasteiger partial charge in [-0.2, -0.15) is 0 Å². The van der Waals surface area contributed by atoms with Gasteiger partial charge in [-0.3, -0.25) is 9.98 Å². The topological polar surface area (TPSA) is 25.2 Å². The molecule has 1 aliphatic carbocycles. The second kappa shape index (κ2) is 2.89. The second-order valence-electron chi connectivity index (χ2n) is 4.07. The molecule has 0 N–H and O–H groups in total. The molecule has 2 nitrogen and oxygen atoms in total. The fraction of sp³-hybridized carbons (Fsp3) is 0.231. The van der Waals surface area contributed by atoms with Gasteiger partial charge in [-0.1, -0.05) is 18.7 Å². The van der Waals surface area contributed by atoms with Crippen LogP contribution in [0, 0.1) is 5.92 Å². The van der Waals surface area contributed by atoms with E-state index in [0.29, 0.717) is 5.92 Å². The van der Waals surface area contributed by atoms with Gasteiger partial charge in [0.2, 0.25) is 0 Å². The molecule has 0 radical (unpaired) electrons. The zero-order valence-corrected chi connectivity index (χ0v) is 8.43. The summed E-state index contributed by atoms with van der Waals surface area (Å²) in [5.41, 5.74) is 2.16. The molecule has 0 spiro atoms. The minimum Gasteiger partial charge on any atom is -0.281 e. The molecule has 1 saturated carbocycles. The highest BCUT2D eigenvalue weighted by Crippen LogP contribution is 2.57. The van der Waals surface area contributed by atoms with Crippen LogP contribution in [-0.4, -0.2) is 11.2 Å². The smallest absolute Gasteiger partial charge is 0.0941 e. The van der Waals surface area contributed by atoms with Crippen molar-refractivity contribution in [3.8, 4) is 0 Å². The van der Waals surface area contributed by atoms with Gasteiger partial charge in [0.15, 0.2) is 0 Å². The van der Waals surface area contributed by atoms with E-state index >= 15 is 0 Å². The van der Waals surface area contributed by atoms with E-state index < -0.39 is 0 Å². The first-order chi connectivity index (χ1) is 7.35. The number of pyridine rings is 1. The molecule has 2 unspecified atom stereocenters. The molecule has 0 amide bonds. The molecule has 0 saturated heterocycles. The number of fused-ring (bicyclic) bond motifs is 1. The number of rotatable bonds is 2. The lowest BCUT2D eigenvalue weighted by Crippen LogP contribution is -2.09. The number of aliphatic imine (C=N–C) groups is 1. The van der Waals surface area contributed by atoms with Crippen molar-refractivity contribution in [2.24, 2.45) is 10.9 Å². The molecule has 1 aromatic rings. The summed E-state index contributed by atoms with van der Waals surface area (Å²) >= 11 is 0. The lowest BCUT2D eigenvalue weighted by molar-refractivity contribution is 0.691. The Morgan fingerprint density at radius 1 is 1.47 bits per heavy atom. The number of hydrogen-bond acceptors (Lipinski definition) is 2. The van der Waals surface area contributed by atoms with Crippen LogP contribution >= 0.6 is 0 Å². The van der Waals surface area contributed by atoms with E-state index in [4.69, 9.17) is 0 Å². The molecule has 0 aromatic carbocycles. The van der Waals surface area contributed by atoms with Crippen LogP contribution in [-0.2, 0) is 5.54 Å². The van der Waals surface area contributed by atoms with E-state index in [-0.39, 0.29) is 5.54 Å². The standard InChI is InChI=1S/C13H12N2/c1-2-12-6-5-11(9-14-12)13-8-10(13)4-3-7-15-13/h2-7,9-10H,1,8H2. The van der Waals surface area contributed by atoms with Gasteiger partial charge in [0.05, 0.1) is 11.2 Å². The molecule has 3 rings (SSSR count). The highest BCUT2D eigenvalue weighted by molar-refractivity contribution is 5.74. The summed E-state index contributed by atoms with van der Waals surface area (Å²) in [6, 6.07) is 4.11. The molecule has 2 heteroatoms. The predicted octanol–water partition coefficient (Wildman–Crippen LogP) is 2.58.